The maximum atomic E-state index is 13.6. The van der Waals surface area contributed by atoms with Gasteiger partial charge in [0.1, 0.15) is 24.2 Å². The quantitative estimate of drug-likeness (QED) is 0.153. The summed E-state index contributed by atoms with van der Waals surface area (Å²) >= 11 is 0. The topological polar surface area (TPSA) is 225 Å². The molecule has 1 aromatic rings. The van der Waals surface area contributed by atoms with E-state index in [0.29, 0.717) is 31.2 Å². The Morgan fingerprint density at radius 2 is 1.57 bits per heavy atom. The van der Waals surface area contributed by atoms with Gasteiger partial charge in [0.25, 0.3) is 0 Å². The smallest absolute Gasteiger partial charge is 0.326 e. The highest BCUT2D eigenvalue weighted by Crippen LogP contribution is 2.26. The van der Waals surface area contributed by atoms with Gasteiger partial charge in [-0.15, -0.1) is 0 Å². The Hall–Kier alpha value is -4.04. The zero-order chi connectivity index (χ0) is 31.0. The molecule has 14 heteroatoms. The zero-order valence-corrected chi connectivity index (χ0v) is 23.6. The lowest BCUT2D eigenvalue weighted by molar-refractivity contribution is -0.153. The highest BCUT2D eigenvalue weighted by atomic mass is 16.4. The van der Waals surface area contributed by atoms with Crippen molar-refractivity contribution in [2.24, 2.45) is 11.5 Å². The average molecular weight is 589 g/mol. The fourth-order valence-corrected chi connectivity index (χ4v) is 5.35. The number of rotatable bonds is 13. The Balaban J connectivity index is 1.76. The predicted molar refractivity (Wildman–Crippen MR) is 149 cm³/mol. The molecule has 6 atom stereocenters. The average Bonchev–Trinajstić information content (AvgIpc) is 3.64. The molecule has 2 aliphatic heterocycles. The third kappa shape index (κ3) is 8.26. The van der Waals surface area contributed by atoms with Crippen molar-refractivity contribution in [3.05, 3.63) is 35.9 Å². The molecule has 2 saturated heterocycles. The molecular formula is C28H40N6O8. The molecule has 5 amide bonds. The molecule has 8 N–H and O–H groups in total. The molecule has 0 spiro atoms. The van der Waals surface area contributed by atoms with E-state index in [0.717, 1.165) is 0 Å². The molecule has 2 heterocycles. The van der Waals surface area contributed by atoms with E-state index in [-0.39, 0.29) is 32.4 Å². The van der Waals surface area contributed by atoms with E-state index in [2.05, 4.69) is 10.6 Å². The van der Waals surface area contributed by atoms with Crippen LogP contribution in [-0.4, -0.2) is 105 Å². The van der Waals surface area contributed by atoms with Gasteiger partial charge >= 0.3 is 5.97 Å². The number of carbonyl (C=O) groups excluding carboxylic acids is 5. The number of nitrogens with one attached hydrogen (secondary N) is 2. The molecule has 42 heavy (non-hydrogen) atoms. The normalized spacial score (nSPS) is 21.2. The van der Waals surface area contributed by atoms with Crippen molar-refractivity contribution in [2.45, 2.75) is 88.2 Å². The van der Waals surface area contributed by atoms with Gasteiger partial charge in [-0.2, -0.15) is 0 Å². The number of hydrogen-bond acceptors (Lipinski definition) is 8. The summed E-state index contributed by atoms with van der Waals surface area (Å²) in [7, 11) is 0. The van der Waals surface area contributed by atoms with Crippen LogP contribution in [0.1, 0.15) is 51.0 Å². The summed E-state index contributed by atoms with van der Waals surface area (Å²) in [6, 6.07) is 3.17. The van der Waals surface area contributed by atoms with Crippen LogP contribution in [0.3, 0.4) is 0 Å². The van der Waals surface area contributed by atoms with Crippen molar-refractivity contribution in [1.29, 1.82) is 0 Å². The first-order valence-electron chi connectivity index (χ1n) is 14.1. The lowest BCUT2D eigenvalue weighted by atomic mass is 10.0. The number of primary amides is 1. The van der Waals surface area contributed by atoms with Gasteiger partial charge in [0, 0.05) is 25.9 Å². The molecule has 3 rings (SSSR count). The highest BCUT2D eigenvalue weighted by Gasteiger charge is 2.44. The summed E-state index contributed by atoms with van der Waals surface area (Å²) < 4.78 is 0. The summed E-state index contributed by atoms with van der Waals surface area (Å²) in [5.41, 5.74) is 11.7. The Morgan fingerprint density at radius 3 is 2.17 bits per heavy atom. The van der Waals surface area contributed by atoms with Crippen LogP contribution in [0, 0.1) is 0 Å². The lowest BCUT2D eigenvalue weighted by Crippen LogP contribution is -2.61. The first kappa shape index (κ1) is 32.5. The number of carboxylic acid groups (broad SMARTS) is 1. The van der Waals surface area contributed by atoms with Crippen molar-refractivity contribution < 1.29 is 39.0 Å². The van der Waals surface area contributed by atoms with E-state index in [1.165, 1.54) is 16.7 Å². The van der Waals surface area contributed by atoms with Gasteiger partial charge in [-0.1, -0.05) is 30.3 Å². The monoisotopic (exact) mass is 588 g/mol. The molecule has 2 fully saturated rings. The summed E-state index contributed by atoms with van der Waals surface area (Å²) in [5.74, 6) is -4.36. The number of carbonyl (C=O) groups is 6. The molecule has 14 nitrogen and oxygen atoms in total. The van der Waals surface area contributed by atoms with E-state index < -0.39 is 71.8 Å². The summed E-state index contributed by atoms with van der Waals surface area (Å²) in [5, 5.41) is 25.1. The Bertz CT molecular complexity index is 1160. The molecular weight excluding hydrogens is 548 g/mol. The molecule has 1 aromatic carbocycles. The number of aliphatic carboxylic acids is 1. The first-order chi connectivity index (χ1) is 19.9. The van der Waals surface area contributed by atoms with Crippen LogP contribution >= 0.6 is 0 Å². The zero-order valence-electron chi connectivity index (χ0n) is 23.6. The number of benzene rings is 1. The lowest BCUT2D eigenvalue weighted by Gasteiger charge is -2.33. The van der Waals surface area contributed by atoms with E-state index in [4.69, 9.17) is 11.5 Å². The second-order valence-corrected chi connectivity index (χ2v) is 10.8. The first-order valence-corrected chi connectivity index (χ1v) is 14.1. The van der Waals surface area contributed by atoms with Crippen molar-refractivity contribution in [1.82, 2.24) is 20.4 Å². The van der Waals surface area contributed by atoms with Crippen molar-refractivity contribution >= 4 is 35.5 Å². The molecule has 0 saturated carbocycles. The standard InChI is InChI=1S/C28H40N6O8/c1-16(35)23(27(40)33-13-5-9-20(33)26(39)34-14-6-10-21(34)28(41)42)32-25(38)19(15-17-7-3-2-4-8-17)31-24(37)18(29)11-12-22(30)36/h2-4,7-8,16,18-21,23,35H,5-6,9-15,29H2,1H3,(H2,30,36)(H,31,37)(H,32,38)(H,41,42)/t16-,18+,19+,20+,21+,23+/m1/s1. The Morgan fingerprint density at radius 1 is 0.952 bits per heavy atom. The predicted octanol–water partition coefficient (Wildman–Crippen LogP) is -1.76. The molecule has 230 valence electrons. The van der Waals surface area contributed by atoms with Gasteiger partial charge < -0.3 is 42.1 Å². The van der Waals surface area contributed by atoms with Crippen molar-refractivity contribution in [3.8, 4) is 0 Å². The Kier molecular flexibility index (Phi) is 11.4. The molecule has 0 aliphatic carbocycles. The number of nitrogens with two attached hydrogens (primary N) is 2. The van der Waals surface area contributed by atoms with Gasteiger partial charge in [-0.05, 0) is 44.6 Å². The van der Waals surface area contributed by atoms with Crippen LogP contribution in [0.2, 0.25) is 0 Å². The van der Waals surface area contributed by atoms with Crippen molar-refractivity contribution in [3.63, 3.8) is 0 Å². The van der Waals surface area contributed by atoms with Gasteiger partial charge in [0.2, 0.25) is 29.5 Å². The van der Waals surface area contributed by atoms with Crippen LogP contribution in [0.25, 0.3) is 0 Å². The third-order valence-corrected chi connectivity index (χ3v) is 7.64. The summed E-state index contributed by atoms with van der Waals surface area (Å²) in [4.78, 5) is 78.5. The van der Waals surface area contributed by atoms with Gasteiger partial charge in [-0.3, -0.25) is 24.0 Å². The number of hydrogen-bond donors (Lipinski definition) is 6. The van der Waals surface area contributed by atoms with Gasteiger partial charge in [0.05, 0.1) is 12.1 Å². The van der Waals surface area contributed by atoms with Crippen LogP contribution in [0.5, 0.6) is 0 Å². The Labute approximate surface area is 243 Å². The maximum absolute atomic E-state index is 13.6. The second-order valence-electron chi connectivity index (χ2n) is 10.8. The van der Waals surface area contributed by atoms with E-state index in [1.807, 2.05) is 0 Å². The van der Waals surface area contributed by atoms with Crippen LogP contribution < -0.4 is 22.1 Å². The highest BCUT2D eigenvalue weighted by molar-refractivity contribution is 5.96. The maximum Gasteiger partial charge on any atom is 0.326 e. The minimum Gasteiger partial charge on any atom is -0.480 e. The molecule has 0 aromatic heterocycles. The number of amides is 5. The molecule has 0 bridgehead atoms. The minimum absolute atomic E-state index is 0.0280. The van der Waals surface area contributed by atoms with Crippen molar-refractivity contribution in [2.75, 3.05) is 13.1 Å². The number of likely N-dealkylation sites (tertiary alicyclic amines) is 2. The number of nitrogens with zero attached hydrogens (tertiary/aromatic N) is 2. The second kappa shape index (κ2) is 14.7. The van der Waals surface area contributed by atoms with Crippen LogP contribution in [0.15, 0.2) is 30.3 Å². The van der Waals surface area contributed by atoms with Crippen LogP contribution in [0.4, 0.5) is 0 Å². The van der Waals surface area contributed by atoms with E-state index in [9.17, 15) is 39.0 Å². The number of aliphatic hydroxyl groups is 1. The van der Waals surface area contributed by atoms with Gasteiger partial charge in [-0.25, -0.2) is 4.79 Å². The van der Waals surface area contributed by atoms with Gasteiger partial charge in [0.15, 0.2) is 0 Å². The molecule has 2 aliphatic rings. The minimum atomic E-state index is -1.45. The molecule has 0 unspecified atom stereocenters. The number of aliphatic hydroxyl groups excluding tert-OH is 1. The van der Waals surface area contributed by atoms with E-state index >= 15 is 0 Å². The fourth-order valence-electron chi connectivity index (χ4n) is 5.35. The fraction of sp³-hybridized carbons (Fsp3) is 0.571. The van der Waals surface area contributed by atoms with E-state index in [1.54, 1.807) is 30.3 Å². The molecule has 0 radical (unpaired) electrons. The summed E-state index contributed by atoms with van der Waals surface area (Å²) in [6.07, 6.45) is 0.210. The van der Waals surface area contributed by atoms with Crippen LogP contribution in [-0.2, 0) is 35.2 Å². The third-order valence-electron chi connectivity index (χ3n) is 7.64. The summed E-state index contributed by atoms with van der Waals surface area (Å²) in [6.45, 7) is 1.79. The largest absolute Gasteiger partial charge is 0.480 e. The SMILES string of the molecule is C[C@@H](O)[C@H](NC(=O)[C@H](Cc1ccccc1)NC(=O)[C@@H](N)CCC(N)=O)C(=O)N1CCC[C@H]1C(=O)N1CCC[C@H]1C(=O)O. The number of carboxylic acids is 1.